The molecule has 7 heteroatoms. The van der Waals surface area contributed by atoms with Crippen LogP contribution in [0.1, 0.15) is 49.2 Å². The quantitative estimate of drug-likeness (QED) is 0.352. The molecule has 1 fully saturated rings. The molecule has 138 valence electrons. The van der Waals surface area contributed by atoms with E-state index in [4.69, 9.17) is 4.99 Å². The highest BCUT2D eigenvalue weighted by Crippen LogP contribution is 2.27. The fourth-order valence-electron chi connectivity index (χ4n) is 2.78. The Labute approximate surface area is 167 Å². The van der Waals surface area contributed by atoms with E-state index in [9.17, 15) is 0 Å². The van der Waals surface area contributed by atoms with Crippen LogP contribution >= 0.6 is 35.3 Å². The Bertz CT molecular complexity index is 523. The number of rotatable bonds is 8. The Morgan fingerprint density at radius 2 is 2.04 bits per heavy atom. The molecule has 5 nitrogen and oxygen atoms in total. The molecule has 1 saturated carbocycles. The van der Waals surface area contributed by atoms with Gasteiger partial charge in [0.1, 0.15) is 0 Å². The van der Waals surface area contributed by atoms with Crippen molar-refractivity contribution in [1.82, 2.24) is 20.5 Å². The third kappa shape index (κ3) is 6.84. The van der Waals surface area contributed by atoms with E-state index in [1.807, 2.05) is 6.92 Å². The van der Waals surface area contributed by atoms with Crippen molar-refractivity contribution in [1.29, 1.82) is 0 Å². The first-order valence-corrected chi connectivity index (χ1v) is 9.53. The van der Waals surface area contributed by atoms with E-state index in [-0.39, 0.29) is 24.0 Å². The molecule has 0 saturated heterocycles. The molecule has 1 heterocycles. The smallest absolute Gasteiger partial charge is 0.191 e. The predicted octanol–water partition coefficient (Wildman–Crippen LogP) is 3.31. The first-order chi connectivity index (χ1) is 11.0. The van der Waals surface area contributed by atoms with Crippen molar-refractivity contribution in [3.05, 3.63) is 15.6 Å². The highest BCUT2D eigenvalue weighted by atomic mass is 127. The van der Waals surface area contributed by atoms with Crippen molar-refractivity contribution >= 4 is 41.3 Å². The largest absolute Gasteiger partial charge is 0.357 e. The van der Waals surface area contributed by atoms with Gasteiger partial charge in [0, 0.05) is 36.6 Å². The fourth-order valence-corrected chi connectivity index (χ4v) is 3.65. The summed E-state index contributed by atoms with van der Waals surface area (Å²) in [5.74, 6) is 0.900. The van der Waals surface area contributed by atoms with Crippen LogP contribution in [-0.2, 0) is 6.54 Å². The van der Waals surface area contributed by atoms with Crippen molar-refractivity contribution in [3.63, 3.8) is 0 Å². The van der Waals surface area contributed by atoms with E-state index in [1.165, 1.54) is 17.7 Å². The average molecular weight is 465 g/mol. The summed E-state index contributed by atoms with van der Waals surface area (Å²) in [5, 5.41) is 7.91. The van der Waals surface area contributed by atoms with Crippen LogP contribution in [-0.4, -0.2) is 47.6 Å². The summed E-state index contributed by atoms with van der Waals surface area (Å²) in [6, 6.07) is 1.42. The SMILES string of the molecule is CCNC(=NCc1sc(C)nc1C)NCCN(C(C)C)C1CC1.I. The lowest BCUT2D eigenvalue weighted by atomic mass is 10.3. The molecule has 0 aromatic carbocycles. The molecule has 0 aliphatic heterocycles. The van der Waals surface area contributed by atoms with Crippen LogP contribution in [0.25, 0.3) is 0 Å². The maximum Gasteiger partial charge on any atom is 0.191 e. The van der Waals surface area contributed by atoms with Crippen LogP contribution in [0.5, 0.6) is 0 Å². The maximum atomic E-state index is 4.71. The Morgan fingerprint density at radius 3 is 2.54 bits per heavy atom. The highest BCUT2D eigenvalue weighted by Gasteiger charge is 2.30. The van der Waals surface area contributed by atoms with Crippen molar-refractivity contribution in [3.8, 4) is 0 Å². The van der Waals surface area contributed by atoms with Crippen LogP contribution in [0.15, 0.2) is 4.99 Å². The van der Waals surface area contributed by atoms with Gasteiger partial charge in [0.2, 0.25) is 0 Å². The molecular weight excluding hydrogens is 433 g/mol. The van der Waals surface area contributed by atoms with Gasteiger partial charge in [-0.2, -0.15) is 0 Å². The molecule has 0 radical (unpaired) electrons. The fraction of sp³-hybridized carbons (Fsp3) is 0.765. The second kappa shape index (κ2) is 10.6. The van der Waals surface area contributed by atoms with E-state index in [2.05, 4.69) is 48.2 Å². The molecule has 1 aliphatic carbocycles. The Balaban J connectivity index is 0.00000288. The normalized spacial score (nSPS) is 14.9. The summed E-state index contributed by atoms with van der Waals surface area (Å²) in [6.07, 6.45) is 2.71. The third-order valence-corrected chi connectivity index (χ3v) is 5.12. The standard InChI is InChI=1S/C17H31N5S.HI/c1-6-18-17(20-11-16-13(4)21-14(5)23-16)19-9-10-22(12(2)3)15-7-8-15;/h12,15H,6-11H2,1-5H3,(H2,18,19,20);1H. The topological polar surface area (TPSA) is 52.6 Å². The molecular formula is C17H32IN5S. The third-order valence-electron chi connectivity index (χ3n) is 4.07. The second-order valence-electron chi connectivity index (χ2n) is 6.43. The van der Waals surface area contributed by atoms with Crippen LogP contribution in [0.2, 0.25) is 0 Å². The van der Waals surface area contributed by atoms with E-state index in [1.54, 1.807) is 11.3 Å². The van der Waals surface area contributed by atoms with Gasteiger partial charge in [0.15, 0.2) is 5.96 Å². The van der Waals surface area contributed by atoms with E-state index < -0.39 is 0 Å². The molecule has 0 amide bonds. The number of hydrogen-bond donors (Lipinski definition) is 2. The first kappa shape index (κ1) is 21.6. The molecule has 0 bridgehead atoms. The molecule has 0 unspecified atom stereocenters. The van der Waals surface area contributed by atoms with Gasteiger partial charge >= 0.3 is 0 Å². The molecule has 2 rings (SSSR count). The minimum atomic E-state index is 0. The minimum Gasteiger partial charge on any atom is -0.357 e. The number of aliphatic imine (C=N–C) groups is 1. The number of nitrogens with zero attached hydrogens (tertiary/aromatic N) is 3. The summed E-state index contributed by atoms with van der Waals surface area (Å²) < 4.78 is 0. The molecule has 2 N–H and O–H groups in total. The number of aryl methyl sites for hydroxylation is 2. The van der Waals surface area contributed by atoms with Gasteiger partial charge in [0.25, 0.3) is 0 Å². The number of halogens is 1. The zero-order valence-electron chi connectivity index (χ0n) is 15.6. The minimum absolute atomic E-state index is 0. The molecule has 0 atom stereocenters. The van der Waals surface area contributed by atoms with Gasteiger partial charge < -0.3 is 10.6 Å². The number of aromatic nitrogens is 1. The van der Waals surface area contributed by atoms with E-state index in [0.29, 0.717) is 12.6 Å². The molecule has 24 heavy (non-hydrogen) atoms. The average Bonchev–Trinajstić information content (AvgIpc) is 3.26. The Kier molecular flexibility index (Phi) is 9.51. The van der Waals surface area contributed by atoms with Gasteiger partial charge in [-0.3, -0.25) is 4.90 Å². The summed E-state index contributed by atoms with van der Waals surface area (Å²) >= 11 is 1.74. The van der Waals surface area contributed by atoms with Crippen molar-refractivity contribution in [2.45, 2.75) is 66.1 Å². The monoisotopic (exact) mass is 465 g/mol. The zero-order chi connectivity index (χ0) is 16.8. The van der Waals surface area contributed by atoms with Gasteiger partial charge in [0.05, 0.1) is 17.2 Å². The maximum absolute atomic E-state index is 4.71. The zero-order valence-corrected chi connectivity index (χ0v) is 18.7. The Morgan fingerprint density at radius 1 is 1.33 bits per heavy atom. The summed E-state index contributed by atoms with van der Waals surface area (Å²) in [5.41, 5.74) is 1.10. The van der Waals surface area contributed by atoms with Gasteiger partial charge in [-0.1, -0.05) is 0 Å². The van der Waals surface area contributed by atoms with Crippen LogP contribution in [0.4, 0.5) is 0 Å². The molecule has 1 aromatic rings. The highest BCUT2D eigenvalue weighted by molar-refractivity contribution is 14.0. The van der Waals surface area contributed by atoms with Gasteiger partial charge in [-0.25, -0.2) is 9.98 Å². The lowest BCUT2D eigenvalue weighted by molar-refractivity contribution is 0.215. The van der Waals surface area contributed by atoms with Crippen LogP contribution < -0.4 is 10.6 Å². The summed E-state index contributed by atoms with van der Waals surface area (Å²) in [4.78, 5) is 13.0. The van der Waals surface area contributed by atoms with Gasteiger partial charge in [-0.05, 0) is 47.5 Å². The van der Waals surface area contributed by atoms with E-state index >= 15 is 0 Å². The number of guanidine groups is 1. The second-order valence-corrected chi connectivity index (χ2v) is 7.71. The lowest BCUT2D eigenvalue weighted by Crippen LogP contribution is -2.43. The van der Waals surface area contributed by atoms with Crippen molar-refractivity contribution < 1.29 is 0 Å². The lowest BCUT2D eigenvalue weighted by Gasteiger charge is -2.26. The summed E-state index contributed by atoms with van der Waals surface area (Å²) in [6.45, 7) is 14.4. The summed E-state index contributed by atoms with van der Waals surface area (Å²) in [7, 11) is 0. The predicted molar refractivity (Wildman–Crippen MR) is 115 cm³/mol. The molecule has 1 aromatic heterocycles. The van der Waals surface area contributed by atoms with Crippen LogP contribution in [0.3, 0.4) is 0 Å². The van der Waals surface area contributed by atoms with Gasteiger partial charge in [-0.15, -0.1) is 35.3 Å². The van der Waals surface area contributed by atoms with Crippen molar-refractivity contribution in [2.24, 2.45) is 4.99 Å². The number of thiazole rings is 1. The van der Waals surface area contributed by atoms with Crippen LogP contribution in [0, 0.1) is 13.8 Å². The number of hydrogen-bond acceptors (Lipinski definition) is 4. The van der Waals surface area contributed by atoms with E-state index in [0.717, 1.165) is 42.3 Å². The Hall–Kier alpha value is -0.410. The molecule has 0 spiro atoms. The number of nitrogens with one attached hydrogen (secondary N) is 2. The molecule has 1 aliphatic rings. The van der Waals surface area contributed by atoms with Crippen molar-refractivity contribution in [2.75, 3.05) is 19.6 Å². The first-order valence-electron chi connectivity index (χ1n) is 8.72.